The summed E-state index contributed by atoms with van der Waals surface area (Å²) in [4.78, 5) is 15.2. The van der Waals surface area contributed by atoms with Crippen LogP contribution in [0.2, 0.25) is 10.0 Å². The smallest absolute Gasteiger partial charge is 0.256 e. The number of carbonyl (C=O) groups excluding carboxylic acids is 1. The van der Waals surface area contributed by atoms with Crippen LogP contribution in [0.1, 0.15) is 58.9 Å². The zero-order valence-electron chi connectivity index (χ0n) is 23.9. The lowest BCUT2D eigenvalue weighted by atomic mass is 9.89. The Morgan fingerprint density at radius 2 is 1.95 bits per heavy atom. The molecule has 2 aliphatic rings. The van der Waals surface area contributed by atoms with E-state index in [0.29, 0.717) is 65.2 Å². The van der Waals surface area contributed by atoms with E-state index in [1.807, 2.05) is 6.07 Å². The van der Waals surface area contributed by atoms with Crippen LogP contribution >= 0.6 is 23.2 Å². The molecule has 1 unspecified atom stereocenters. The van der Waals surface area contributed by atoms with Gasteiger partial charge in [-0.25, -0.2) is 17.5 Å². The molecule has 43 heavy (non-hydrogen) atoms. The number of piperidine rings is 1. The molecule has 0 bridgehead atoms. The van der Waals surface area contributed by atoms with Gasteiger partial charge in [0, 0.05) is 36.1 Å². The largest absolute Gasteiger partial charge is 0.387 e. The molecule has 2 fully saturated rings. The van der Waals surface area contributed by atoms with E-state index in [4.69, 9.17) is 28.6 Å². The van der Waals surface area contributed by atoms with Crippen LogP contribution in [0, 0.1) is 11.2 Å². The Bertz CT molecular complexity index is 1720. The van der Waals surface area contributed by atoms with Gasteiger partial charge in [0.15, 0.2) is 0 Å². The van der Waals surface area contributed by atoms with E-state index in [2.05, 4.69) is 25.4 Å². The van der Waals surface area contributed by atoms with Crippen LogP contribution in [0.5, 0.6) is 0 Å². The normalized spacial score (nSPS) is 19.3. The number of amides is 1. The molecule has 0 radical (unpaired) electrons. The lowest BCUT2D eigenvalue weighted by Crippen LogP contribution is -2.48. The minimum Gasteiger partial charge on any atom is -0.387 e. The summed E-state index contributed by atoms with van der Waals surface area (Å²) >= 11 is 13.1. The standard InChI is InChI=1S/C29H32Cl2FN7O3S/c1-16-26(33)23(27(34-2)18-10-19(13-20(30)11-18)29(7-8-29)37-43(3,41)42)6-9-39(16)28(40)24-14-21(32)12-17(25(24)31)4-5-22-15-35-38-36-22/h10-16,33-34,37H,4-9H2,1-3H3,(H,35,36,38)/b27-23-,33-26?. The molecule has 1 aliphatic heterocycles. The van der Waals surface area contributed by atoms with Crippen molar-refractivity contribution in [2.75, 3.05) is 19.8 Å². The van der Waals surface area contributed by atoms with Gasteiger partial charge in [-0.15, -0.1) is 5.10 Å². The van der Waals surface area contributed by atoms with Gasteiger partial charge >= 0.3 is 0 Å². The average Bonchev–Trinajstić information content (AvgIpc) is 3.51. The summed E-state index contributed by atoms with van der Waals surface area (Å²) in [7, 11) is -1.70. The van der Waals surface area contributed by atoms with Crippen LogP contribution in [-0.4, -0.2) is 66.2 Å². The first-order chi connectivity index (χ1) is 20.3. The summed E-state index contributed by atoms with van der Waals surface area (Å²) < 4.78 is 41.4. The van der Waals surface area contributed by atoms with Crippen molar-refractivity contribution < 1.29 is 17.6 Å². The molecule has 1 saturated heterocycles. The average molecular weight is 649 g/mol. The van der Waals surface area contributed by atoms with Crippen molar-refractivity contribution in [3.8, 4) is 0 Å². The number of aromatic nitrogens is 3. The van der Waals surface area contributed by atoms with Gasteiger partial charge < -0.3 is 15.6 Å². The molecule has 4 N–H and O–H groups in total. The number of nitrogens with one attached hydrogen (secondary N) is 4. The number of H-pyrrole nitrogens is 1. The SMILES string of the molecule is CN/C(=C1/CCN(C(=O)c2cc(F)cc(CCc3c[nH]nn3)c2Cl)C(C)C1=N)c1cc(Cl)cc(C2(NS(C)(=O)=O)CC2)c1. The van der Waals surface area contributed by atoms with Crippen LogP contribution < -0.4 is 10.0 Å². The molecular weight excluding hydrogens is 616 g/mol. The van der Waals surface area contributed by atoms with Gasteiger partial charge in [-0.3, -0.25) is 9.89 Å². The Labute approximate surface area is 259 Å². The highest BCUT2D eigenvalue weighted by molar-refractivity contribution is 7.88. The van der Waals surface area contributed by atoms with Gasteiger partial charge in [-0.05, 0) is 86.1 Å². The molecule has 10 nitrogen and oxygen atoms in total. The van der Waals surface area contributed by atoms with Crippen LogP contribution in [0.3, 0.4) is 0 Å². The lowest BCUT2D eigenvalue weighted by Gasteiger charge is -2.37. The number of aromatic amines is 1. The molecule has 1 amide bonds. The van der Waals surface area contributed by atoms with E-state index in [0.717, 1.165) is 17.9 Å². The summed E-state index contributed by atoms with van der Waals surface area (Å²) in [6, 6.07) is 7.24. The molecule has 1 saturated carbocycles. The number of aryl methyl sites for hydroxylation is 2. The van der Waals surface area contributed by atoms with Gasteiger partial charge in [-0.2, -0.15) is 0 Å². The third kappa shape index (κ3) is 6.62. The molecule has 0 spiro atoms. The molecule has 1 aromatic heterocycles. The minimum atomic E-state index is -3.45. The van der Waals surface area contributed by atoms with Crippen molar-refractivity contribution in [3.63, 3.8) is 0 Å². The maximum atomic E-state index is 14.7. The summed E-state index contributed by atoms with van der Waals surface area (Å²) in [5.74, 6) is -1.03. The summed E-state index contributed by atoms with van der Waals surface area (Å²) in [5, 5.41) is 23.1. The number of nitrogens with zero attached hydrogens (tertiary/aromatic N) is 3. The highest BCUT2D eigenvalue weighted by Gasteiger charge is 2.47. The molecule has 2 heterocycles. The molecule has 228 valence electrons. The van der Waals surface area contributed by atoms with Crippen LogP contribution in [0.25, 0.3) is 5.70 Å². The second kappa shape index (κ2) is 12.0. The van der Waals surface area contributed by atoms with Crippen molar-refractivity contribution in [1.82, 2.24) is 30.3 Å². The number of likely N-dealkylation sites (tertiary alicyclic amines) is 1. The molecule has 5 rings (SSSR count). The summed E-state index contributed by atoms with van der Waals surface area (Å²) in [5.41, 5.74) is 3.58. The van der Waals surface area contributed by atoms with Gasteiger partial charge in [0.25, 0.3) is 5.91 Å². The van der Waals surface area contributed by atoms with Gasteiger partial charge in [0.2, 0.25) is 10.0 Å². The Balaban J connectivity index is 1.41. The van der Waals surface area contributed by atoms with Gasteiger partial charge in [-0.1, -0.05) is 28.4 Å². The van der Waals surface area contributed by atoms with E-state index in [1.54, 1.807) is 32.3 Å². The molecule has 2 aromatic carbocycles. The first-order valence-corrected chi connectivity index (χ1v) is 16.4. The quantitative estimate of drug-likeness (QED) is 0.270. The summed E-state index contributed by atoms with van der Waals surface area (Å²) in [6.45, 7) is 2.03. The highest BCUT2D eigenvalue weighted by atomic mass is 35.5. The van der Waals surface area contributed by atoms with E-state index < -0.39 is 33.3 Å². The number of halogens is 3. The number of hydrogen-bond donors (Lipinski definition) is 4. The maximum absolute atomic E-state index is 14.7. The predicted octanol–water partition coefficient (Wildman–Crippen LogP) is 4.46. The number of carbonyl (C=O) groups is 1. The second-order valence-corrected chi connectivity index (χ2v) is 13.6. The van der Waals surface area contributed by atoms with E-state index in [9.17, 15) is 17.6 Å². The monoisotopic (exact) mass is 647 g/mol. The highest BCUT2D eigenvalue weighted by Crippen LogP contribution is 2.47. The Hall–Kier alpha value is -3.32. The zero-order valence-corrected chi connectivity index (χ0v) is 26.2. The number of sulfonamides is 1. The van der Waals surface area contributed by atoms with E-state index in [-0.39, 0.29) is 22.8 Å². The van der Waals surface area contributed by atoms with Crippen LogP contribution in [-0.2, 0) is 28.4 Å². The van der Waals surface area contributed by atoms with Crippen molar-refractivity contribution >= 4 is 50.5 Å². The third-order valence-corrected chi connectivity index (χ3v) is 9.38. The van der Waals surface area contributed by atoms with Crippen molar-refractivity contribution in [2.45, 2.75) is 50.6 Å². The molecule has 1 aliphatic carbocycles. The molecule has 14 heteroatoms. The molecular formula is C29H32Cl2FN7O3S. The van der Waals surface area contributed by atoms with Crippen molar-refractivity contribution in [1.29, 1.82) is 5.41 Å². The van der Waals surface area contributed by atoms with Crippen molar-refractivity contribution in [3.05, 3.63) is 85.9 Å². The van der Waals surface area contributed by atoms with Crippen LogP contribution in [0.4, 0.5) is 4.39 Å². The fourth-order valence-corrected chi connectivity index (χ4v) is 7.21. The first kappa shape index (κ1) is 31.1. The van der Waals surface area contributed by atoms with Gasteiger partial charge in [0.05, 0.1) is 39.8 Å². The van der Waals surface area contributed by atoms with Gasteiger partial charge in [0.1, 0.15) is 5.82 Å². The Morgan fingerprint density at radius 1 is 1.21 bits per heavy atom. The zero-order chi connectivity index (χ0) is 31.1. The second-order valence-electron chi connectivity index (χ2n) is 11.0. The van der Waals surface area contributed by atoms with Crippen molar-refractivity contribution in [2.24, 2.45) is 0 Å². The van der Waals surface area contributed by atoms with E-state index in [1.165, 1.54) is 11.0 Å². The number of rotatable bonds is 9. The fraction of sp³-hybridized carbons (Fsp3) is 0.379. The predicted molar refractivity (Wildman–Crippen MR) is 164 cm³/mol. The number of hydrogen-bond acceptors (Lipinski definition) is 7. The van der Waals surface area contributed by atoms with Crippen LogP contribution in [0.15, 0.2) is 42.1 Å². The summed E-state index contributed by atoms with van der Waals surface area (Å²) in [6.07, 6.45) is 5.27. The van der Waals surface area contributed by atoms with E-state index >= 15 is 0 Å². The molecule has 3 aromatic rings. The Kier molecular flexibility index (Phi) is 8.68. The molecule has 1 atom stereocenters. The fourth-order valence-electron chi connectivity index (χ4n) is 5.66. The topological polar surface area (TPSA) is 144 Å². The number of benzene rings is 2. The maximum Gasteiger partial charge on any atom is 0.256 e. The Morgan fingerprint density at radius 3 is 2.58 bits per heavy atom. The first-order valence-electron chi connectivity index (χ1n) is 13.8. The third-order valence-electron chi connectivity index (χ3n) is 7.96. The lowest BCUT2D eigenvalue weighted by molar-refractivity contribution is 0.0728. The minimum absolute atomic E-state index is 0.0466.